The quantitative estimate of drug-likeness (QED) is 0.374. The summed E-state index contributed by atoms with van der Waals surface area (Å²) >= 11 is 0. The van der Waals surface area contributed by atoms with E-state index in [4.69, 9.17) is 5.11 Å². The van der Waals surface area contributed by atoms with Crippen molar-refractivity contribution in [1.29, 1.82) is 0 Å². The topological polar surface area (TPSA) is 119 Å². The molecule has 8 heteroatoms. The molecule has 0 aliphatic carbocycles. The summed E-state index contributed by atoms with van der Waals surface area (Å²) in [5.41, 5.74) is -2.03. The zero-order valence-electron chi connectivity index (χ0n) is 18.2. The maximum Gasteiger partial charge on any atom is 0.339 e. The Morgan fingerprint density at radius 3 is 1.29 bits per heavy atom. The van der Waals surface area contributed by atoms with E-state index in [0.29, 0.717) is 6.61 Å². The Morgan fingerprint density at radius 1 is 0.714 bits per heavy atom. The van der Waals surface area contributed by atoms with Crippen molar-refractivity contribution >= 4 is 17.9 Å². The molecule has 2 N–H and O–H groups in total. The summed E-state index contributed by atoms with van der Waals surface area (Å²) in [5, 5.41) is 19.1. The normalized spacial score (nSPS) is 11.1. The third kappa shape index (κ3) is 10.6. The first-order valence-electron chi connectivity index (χ1n) is 9.95. The van der Waals surface area contributed by atoms with Gasteiger partial charge in [-0.1, -0.05) is 20.8 Å². The fraction of sp³-hybridized carbons (Fsp3) is 0.850. The van der Waals surface area contributed by atoms with Gasteiger partial charge in [0.2, 0.25) is 0 Å². The molecule has 0 amide bonds. The molecule has 0 saturated heterocycles. The van der Waals surface area contributed by atoms with Crippen LogP contribution in [0, 0.1) is 5.41 Å². The van der Waals surface area contributed by atoms with E-state index in [1.165, 1.54) is 0 Å². The third-order valence-corrected chi connectivity index (χ3v) is 4.73. The lowest BCUT2D eigenvalue weighted by molar-refractivity contribution is -0.177. The van der Waals surface area contributed by atoms with E-state index < -0.39 is 36.4 Å². The second kappa shape index (κ2) is 15.3. The molecule has 0 aromatic carbocycles. The maximum absolute atomic E-state index is 11.7. The molecule has 0 heterocycles. The standard InChI is InChI=1S/C12H20O7.C8H18O/c1-4-17-9(13)7-12(16,11(15)19-6-3)8-10(14)18-5-2;1-4-8(5-2,6-3)7-9/h16H,4-8H2,1-3H3;9H,4-7H2,1-3H3. The minimum Gasteiger partial charge on any atom is -0.466 e. The predicted molar refractivity (Wildman–Crippen MR) is 104 cm³/mol. The Balaban J connectivity index is 0. The molecule has 166 valence electrons. The SMILES string of the molecule is CCC(CC)(CC)CO.CCOC(=O)CC(O)(CC(=O)OCC)C(=O)OCC. The Hall–Kier alpha value is -1.67. The van der Waals surface area contributed by atoms with Crippen LogP contribution in [0.25, 0.3) is 0 Å². The largest absolute Gasteiger partial charge is 0.466 e. The number of ether oxygens (including phenoxy) is 3. The lowest BCUT2D eigenvalue weighted by Gasteiger charge is -2.27. The van der Waals surface area contributed by atoms with Crippen molar-refractivity contribution in [3.8, 4) is 0 Å². The molecule has 0 atom stereocenters. The Morgan fingerprint density at radius 2 is 1.07 bits per heavy atom. The second-order valence-electron chi connectivity index (χ2n) is 6.43. The van der Waals surface area contributed by atoms with Crippen LogP contribution in [-0.4, -0.2) is 60.1 Å². The molecule has 0 aliphatic heterocycles. The van der Waals surface area contributed by atoms with Crippen LogP contribution >= 0.6 is 0 Å². The first kappa shape index (κ1) is 28.5. The highest BCUT2D eigenvalue weighted by Gasteiger charge is 2.43. The van der Waals surface area contributed by atoms with Gasteiger partial charge < -0.3 is 24.4 Å². The van der Waals surface area contributed by atoms with Gasteiger partial charge in [-0.3, -0.25) is 9.59 Å². The molecule has 0 rings (SSSR count). The number of hydrogen-bond donors (Lipinski definition) is 2. The van der Waals surface area contributed by atoms with Gasteiger partial charge in [0.15, 0.2) is 5.60 Å². The zero-order chi connectivity index (χ0) is 22.2. The lowest BCUT2D eigenvalue weighted by Crippen LogP contribution is -2.44. The summed E-state index contributed by atoms with van der Waals surface area (Å²) in [5.74, 6) is -2.62. The number of aliphatic hydroxyl groups is 2. The van der Waals surface area contributed by atoms with E-state index in [1.807, 2.05) is 0 Å². The average molecular weight is 407 g/mol. The highest BCUT2D eigenvalue weighted by atomic mass is 16.6. The summed E-state index contributed by atoms with van der Waals surface area (Å²) in [4.78, 5) is 34.4. The van der Waals surface area contributed by atoms with Crippen LogP contribution in [0.15, 0.2) is 0 Å². The van der Waals surface area contributed by atoms with Crippen LogP contribution < -0.4 is 0 Å². The second-order valence-corrected chi connectivity index (χ2v) is 6.43. The van der Waals surface area contributed by atoms with Crippen LogP contribution in [0.4, 0.5) is 0 Å². The Kier molecular flexibility index (Phi) is 15.6. The fourth-order valence-electron chi connectivity index (χ4n) is 2.46. The van der Waals surface area contributed by atoms with Gasteiger partial charge in [-0.25, -0.2) is 4.79 Å². The fourth-order valence-corrected chi connectivity index (χ4v) is 2.46. The average Bonchev–Trinajstić information content (AvgIpc) is 2.65. The van der Waals surface area contributed by atoms with E-state index in [0.717, 1.165) is 19.3 Å². The monoisotopic (exact) mass is 406 g/mol. The van der Waals surface area contributed by atoms with Crippen molar-refractivity contribution in [2.75, 3.05) is 26.4 Å². The molecule has 0 saturated carbocycles. The number of hydrogen-bond acceptors (Lipinski definition) is 8. The maximum atomic E-state index is 11.7. The van der Waals surface area contributed by atoms with Gasteiger partial charge in [0.05, 0.1) is 32.7 Å². The van der Waals surface area contributed by atoms with E-state index >= 15 is 0 Å². The molecule has 0 aromatic heterocycles. The van der Waals surface area contributed by atoms with E-state index in [2.05, 4.69) is 35.0 Å². The number of carbonyl (C=O) groups is 3. The molecule has 8 nitrogen and oxygen atoms in total. The molecule has 0 aliphatic rings. The van der Waals surface area contributed by atoms with Crippen LogP contribution in [-0.2, 0) is 28.6 Å². The van der Waals surface area contributed by atoms with E-state index in [9.17, 15) is 19.5 Å². The summed E-state index contributed by atoms with van der Waals surface area (Å²) in [6, 6.07) is 0. The van der Waals surface area contributed by atoms with Gasteiger partial charge in [-0.2, -0.15) is 0 Å². The summed E-state index contributed by atoms with van der Waals surface area (Å²) in [6.07, 6.45) is 1.97. The third-order valence-electron chi connectivity index (χ3n) is 4.73. The van der Waals surface area contributed by atoms with Crippen molar-refractivity contribution in [3.05, 3.63) is 0 Å². The highest BCUT2D eigenvalue weighted by Crippen LogP contribution is 2.28. The Bertz CT molecular complexity index is 420. The Labute approximate surface area is 168 Å². The molecule has 0 bridgehead atoms. The van der Waals surface area contributed by atoms with E-state index in [-0.39, 0.29) is 25.2 Å². The molecular weight excluding hydrogens is 368 g/mol. The number of carbonyl (C=O) groups excluding carboxylic acids is 3. The number of rotatable bonds is 12. The predicted octanol–water partition coefficient (Wildman–Crippen LogP) is 2.38. The van der Waals surface area contributed by atoms with Crippen LogP contribution in [0.2, 0.25) is 0 Å². The van der Waals surface area contributed by atoms with Gasteiger partial charge in [-0.05, 0) is 45.4 Å². The number of aliphatic hydroxyl groups excluding tert-OH is 1. The van der Waals surface area contributed by atoms with Crippen molar-refractivity contribution in [3.63, 3.8) is 0 Å². The van der Waals surface area contributed by atoms with Gasteiger partial charge in [0.25, 0.3) is 0 Å². The molecule has 0 unspecified atom stereocenters. The smallest absolute Gasteiger partial charge is 0.339 e. The molecule has 0 spiro atoms. The minimum absolute atomic E-state index is 0.0206. The van der Waals surface area contributed by atoms with Crippen molar-refractivity contribution < 1.29 is 38.8 Å². The van der Waals surface area contributed by atoms with Gasteiger partial charge in [0, 0.05) is 6.61 Å². The molecule has 0 fully saturated rings. The van der Waals surface area contributed by atoms with Gasteiger partial charge in [-0.15, -0.1) is 0 Å². The van der Waals surface area contributed by atoms with Crippen LogP contribution in [0.1, 0.15) is 73.6 Å². The molecule has 28 heavy (non-hydrogen) atoms. The molecular formula is C20H38O8. The van der Waals surface area contributed by atoms with Gasteiger partial charge in [0.1, 0.15) is 0 Å². The summed E-state index contributed by atoms with van der Waals surface area (Å²) in [6.45, 7) is 11.7. The van der Waals surface area contributed by atoms with Crippen LogP contribution in [0.3, 0.4) is 0 Å². The first-order valence-corrected chi connectivity index (χ1v) is 9.95. The van der Waals surface area contributed by atoms with E-state index in [1.54, 1.807) is 20.8 Å². The summed E-state index contributed by atoms with van der Waals surface area (Å²) < 4.78 is 14.0. The summed E-state index contributed by atoms with van der Waals surface area (Å²) in [7, 11) is 0. The molecule has 0 radical (unpaired) electrons. The zero-order valence-corrected chi connectivity index (χ0v) is 18.2. The first-order chi connectivity index (χ1) is 13.1. The van der Waals surface area contributed by atoms with Crippen LogP contribution in [0.5, 0.6) is 0 Å². The van der Waals surface area contributed by atoms with Crippen molar-refractivity contribution in [1.82, 2.24) is 0 Å². The molecule has 0 aromatic rings. The number of esters is 3. The van der Waals surface area contributed by atoms with Crippen molar-refractivity contribution in [2.45, 2.75) is 79.2 Å². The van der Waals surface area contributed by atoms with Gasteiger partial charge >= 0.3 is 17.9 Å². The highest BCUT2D eigenvalue weighted by molar-refractivity contribution is 5.90. The van der Waals surface area contributed by atoms with Crippen molar-refractivity contribution in [2.24, 2.45) is 5.41 Å². The minimum atomic E-state index is -2.26. The lowest BCUT2D eigenvalue weighted by atomic mass is 9.81.